The largest absolute Gasteiger partial charge is 4.00 e. The summed E-state index contributed by atoms with van der Waals surface area (Å²) in [7, 11) is 0. The van der Waals surface area contributed by atoms with Gasteiger partial charge < -0.3 is 24.8 Å². The molecule has 0 bridgehead atoms. The van der Waals surface area contributed by atoms with Crippen LogP contribution >= 0.6 is 0 Å². The molecule has 0 radical (unpaired) electrons. The van der Waals surface area contributed by atoms with Crippen molar-refractivity contribution in [1.29, 1.82) is 0 Å². The van der Waals surface area contributed by atoms with Crippen molar-refractivity contribution < 1.29 is 50.7 Å². The van der Waals surface area contributed by atoms with Gasteiger partial charge in [0.2, 0.25) is 0 Å². The molecule has 2 aliphatic carbocycles. The van der Waals surface area contributed by atoms with Crippen LogP contribution in [0.4, 0.5) is 0 Å². The molecule has 0 atom stereocenters. The molecule has 2 rings (SSSR count). The van der Waals surface area contributed by atoms with E-state index in [-0.39, 0.29) is 50.7 Å². The van der Waals surface area contributed by atoms with Crippen molar-refractivity contribution in [3.63, 3.8) is 0 Å². The van der Waals surface area contributed by atoms with E-state index in [9.17, 15) is 0 Å². The fraction of sp³-hybridized carbons (Fsp3) is 0.467. The van der Waals surface area contributed by atoms with E-state index in [2.05, 4.69) is 39.8 Å². The molecule has 0 saturated heterocycles. The van der Waals surface area contributed by atoms with Crippen LogP contribution in [0.2, 0.25) is 0 Å². The summed E-state index contributed by atoms with van der Waals surface area (Å²) >= 11 is 0. The molecule has 0 aromatic heterocycles. The molecule has 0 aliphatic heterocycles. The fourth-order valence-corrected chi connectivity index (χ4v) is 2.19. The van der Waals surface area contributed by atoms with E-state index in [0.29, 0.717) is 0 Å². The second-order valence-electron chi connectivity index (χ2n) is 4.59. The van der Waals surface area contributed by atoms with E-state index >= 15 is 0 Å². The first-order valence-corrected chi connectivity index (χ1v) is 5.62. The molecule has 0 spiro atoms. The summed E-state index contributed by atoms with van der Waals surface area (Å²) in [6.07, 6.45) is 10.0. The molecular formula is C15H18Cl2Hf. The van der Waals surface area contributed by atoms with Crippen molar-refractivity contribution in [2.75, 3.05) is 0 Å². The van der Waals surface area contributed by atoms with E-state index < -0.39 is 0 Å². The summed E-state index contributed by atoms with van der Waals surface area (Å²) in [6, 6.07) is 0. The third-order valence-corrected chi connectivity index (χ3v) is 3.75. The maximum atomic E-state index is 3.41. The zero-order valence-corrected chi connectivity index (χ0v) is 16.5. The standard InChI is InChI=1S/C15H18.2ClH.Hf/c1-10-5-7-14(12(10)3)9-15-8-6-11(2)13(15)4;;;/h7-9H2,1-4H3;2*1H;/q-2;;;+4/p-2. The Bertz CT molecular complexity index is 386. The van der Waals surface area contributed by atoms with Crippen LogP contribution in [-0.4, -0.2) is 0 Å². The van der Waals surface area contributed by atoms with E-state index in [1.165, 1.54) is 22.3 Å². The maximum Gasteiger partial charge on any atom is 4.00 e. The Hall–Kier alpha value is 0.410. The van der Waals surface area contributed by atoms with Crippen LogP contribution in [0.1, 0.15) is 47.0 Å². The molecular weight excluding hydrogens is 430 g/mol. The first kappa shape index (κ1) is 20.7. The fourth-order valence-electron chi connectivity index (χ4n) is 2.19. The van der Waals surface area contributed by atoms with Gasteiger partial charge in [0.05, 0.1) is 0 Å². The predicted octanol–water partition coefficient (Wildman–Crippen LogP) is -1.68. The molecule has 0 N–H and O–H groups in total. The van der Waals surface area contributed by atoms with Crippen LogP contribution in [0, 0.1) is 12.2 Å². The van der Waals surface area contributed by atoms with Crippen molar-refractivity contribution in [3.8, 4) is 0 Å². The molecule has 0 unspecified atom stereocenters. The van der Waals surface area contributed by atoms with Crippen LogP contribution in [0.25, 0.3) is 0 Å². The van der Waals surface area contributed by atoms with Gasteiger partial charge in [0, 0.05) is 0 Å². The summed E-state index contributed by atoms with van der Waals surface area (Å²) < 4.78 is 0. The third-order valence-electron chi connectivity index (χ3n) is 3.75. The molecule has 0 fully saturated rings. The van der Waals surface area contributed by atoms with E-state index in [1.54, 1.807) is 11.1 Å². The van der Waals surface area contributed by atoms with E-state index in [0.717, 1.165) is 19.3 Å². The second-order valence-corrected chi connectivity index (χ2v) is 4.59. The molecule has 0 heterocycles. The SMILES string of the molecule is CC1=[C-]CC(CC2=C(C)C(C)=[C-]C2)=C1C.[Cl-].[Cl-].[Hf+4]. The quantitative estimate of drug-likeness (QED) is 0.351. The van der Waals surface area contributed by atoms with Crippen molar-refractivity contribution in [3.05, 3.63) is 45.6 Å². The minimum atomic E-state index is 0. The van der Waals surface area contributed by atoms with Crippen LogP contribution in [-0.2, 0) is 25.8 Å². The number of hydrogen-bond acceptors (Lipinski definition) is 0. The Balaban J connectivity index is 0. The minimum Gasteiger partial charge on any atom is -1.00 e. The van der Waals surface area contributed by atoms with Gasteiger partial charge in [0.15, 0.2) is 0 Å². The maximum absolute atomic E-state index is 3.41. The molecule has 0 aromatic rings. The summed E-state index contributed by atoms with van der Waals surface area (Å²) in [5.74, 6) is 0. The molecule has 0 saturated carbocycles. The Morgan fingerprint density at radius 2 is 1.11 bits per heavy atom. The predicted molar refractivity (Wildman–Crippen MR) is 64.1 cm³/mol. The summed E-state index contributed by atoms with van der Waals surface area (Å²) in [6.45, 7) is 8.76. The monoisotopic (exact) mass is 448 g/mol. The van der Waals surface area contributed by atoms with E-state index in [4.69, 9.17) is 0 Å². The Kier molecular flexibility index (Phi) is 9.85. The number of rotatable bonds is 2. The van der Waals surface area contributed by atoms with Gasteiger partial charge in [0.1, 0.15) is 0 Å². The molecule has 3 heteroatoms. The van der Waals surface area contributed by atoms with Crippen LogP contribution in [0.15, 0.2) is 33.4 Å². The van der Waals surface area contributed by atoms with Crippen LogP contribution < -0.4 is 24.8 Å². The second kappa shape index (κ2) is 8.55. The summed E-state index contributed by atoms with van der Waals surface area (Å²) in [5, 5.41) is 0. The number of allylic oxidation sites excluding steroid dienone is 8. The van der Waals surface area contributed by atoms with Gasteiger partial charge >= 0.3 is 25.8 Å². The van der Waals surface area contributed by atoms with Gasteiger partial charge in [-0.25, -0.2) is 11.1 Å². The Morgan fingerprint density at radius 3 is 1.33 bits per heavy atom. The van der Waals surface area contributed by atoms with Gasteiger partial charge in [-0.05, 0) is 6.42 Å². The van der Waals surface area contributed by atoms with Crippen LogP contribution in [0.5, 0.6) is 0 Å². The molecule has 0 aromatic carbocycles. The Morgan fingerprint density at radius 1 is 0.778 bits per heavy atom. The third kappa shape index (κ3) is 4.21. The normalized spacial score (nSPS) is 17.8. The molecule has 96 valence electrons. The average Bonchev–Trinajstić information content (AvgIpc) is 2.68. The van der Waals surface area contributed by atoms with E-state index in [1.807, 2.05) is 0 Å². The van der Waals surface area contributed by atoms with Crippen molar-refractivity contribution >= 4 is 0 Å². The summed E-state index contributed by atoms with van der Waals surface area (Å²) in [4.78, 5) is 0. The van der Waals surface area contributed by atoms with Gasteiger partial charge in [-0.15, -0.1) is 26.7 Å². The van der Waals surface area contributed by atoms with Gasteiger partial charge in [-0.2, -0.15) is 22.3 Å². The molecule has 18 heavy (non-hydrogen) atoms. The zero-order valence-electron chi connectivity index (χ0n) is 11.4. The molecule has 2 aliphatic rings. The molecule has 0 nitrogen and oxygen atoms in total. The van der Waals surface area contributed by atoms with Gasteiger partial charge in [-0.1, -0.05) is 13.8 Å². The van der Waals surface area contributed by atoms with Gasteiger partial charge in [-0.3, -0.25) is 12.2 Å². The zero-order chi connectivity index (χ0) is 11.0. The van der Waals surface area contributed by atoms with Crippen molar-refractivity contribution in [1.82, 2.24) is 0 Å². The number of hydrogen-bond donors (Lipinski definition) is 0. The first-order chi connectivity index (χ1) is 7.09. The van der Waals surface area contributed by atoms with Crippen LogP contribution in [0.3, 0.4) is 0 Å². The smallest absolute Gasteiger partial charge is 1.00 e. The topological polar surface area (TPSA) is 0 Å². The average molecular weight is 448 g/mol. The van der Waals surface area contributed by atoms with Gasteiger partial charge in [0.25, 0.3) is 0 Å². The van der Waals surface area contributed by atoms with Crippen molar-refractivity contribution in [2.24, 2.45) is 0 Å². The van der Waals surface area contributed by atoms with Crippen molar-refractivity contribution in [2.45, 2.75) is 47.0 Å². The molecule has 0 amide bonds. The Labute approximate surface area is 142 Å². The summed E-state index contributed by atoms with van der Waals surface area (Å²) in [5.41, 5.74) is 8.71. The first-order valence-electron chi connectivity index (χ1n) is 5.62. The minimum absolute atomic E-state index is 0. The number of halogens is 2.